The summed E-state index contributed by atoms with van der Waals surface area (Å²) in [6.45, 7) is 5.78. The molecule has 12 atom stereocenters. The summed E-state index contributed by atoms with van der Waals surface area (Å²) in [7, 11) is 2.60. The van der Waals surface area contributed by atoms with Gasteiger partial charge in [-0.1, -0.05) is 24.3 Å². The molecule has 2 saturated heterocycles. The third-order valence-electron chi connectivity index (χ3n) is 16.3. The van der Waals surface area contributed by atoms with Crippen molar-refractivity contribution in [3.63, 3.8) is 0 Å². The first-order chi connectivity index (χ1) is 37.8. The number of benzene rings is 4. The molecule has 25 nitrogen and oxygen atoms in total. The second-order valence-electron chi connectivity index (χ2n) is 21.1. The van der Waals surface area contributed by atoms with Crippen LogP contribution in [0.3, 0.4) is 0 Å². The van der Waals surface area contributed by atoms with Gasteiger partial charge in [-0.15, -0.1) is 0 Å². The number of fused-ring (bicyclic) bond motifs is 6. The van der Waals surface area contributed by atoms with Gasteiger partial charge < -0.3 is 80.7 Å². The summed E-state index contributed by atoms with van der Waals surface area (Å²) < 4.78 is 35.3. The van der Waals surface area contributed by atoms with E-state index in [2.05, 4.69) is 21.1 Å². The number of amides is 2. The van der Waals surface area contributed by atoms with Crippen LogP contribution in [-0.2, 0) is 31.8 Å². The molecule has 2 amide bonds. The summed E-state index contributed by atoms with van der Waals surface area (Å²) >= 11 is 0. The predicted octanol–water partition coefficient (Wildman–Crippen LogP) is 1.94. The van der Waals surface area contributed by atoms with E-state index in [1.54, 1.807) is 13.8 Å². The van der Waals surface area contributed by atoms with Crippen LogP contribution in [0.25, 0.3) is 0 Å². The van der Waals surface area contributed by atoms with Gasteiger partial charge in [0, 0.05) is 84.0 Å². The van der Waals surface area contributed by atoms with Crippen LogP contribution in [0.15, 0.2) is 46.6 Å². The molecule has 2 aliphatic heterocycles. The molecular formula is C55H60N6O19. The Morgan fingerprint density at radius 2 is 0.963 bits per heavy atom. The van der Waals surface area contributed by atoms with Crippen LogP contribution in [0.5, 0.6) is 34.5 Å². The number of aromatic hydroxyl groups is 4. The van der Waals surface area contributed by atoms with Crippen molar-refractivity contribution in [3.05, 3.63) is 103 Å². The molecule has 0 radical (unpaired) electrons. The highest BCUT2D eigenvalue weighted by Crippen LogP contribution is 2.55. The van der Waals surface area contributed by atoms with Crippen molar-refractivity contribution >= 4 is 40.6 Å². The van der Waals surface area contributed by atoms with E-state index in [1.165, 1.54) is 64.5 Å². The first-order valence-electron chi connectivity index (χ1n) is 25.7. The van der Waals surface area contributed by atoms with Crippen molar-refractivity contribution in [1.82, 2.24) is 10.9 Å². The fourth-order valence-electron chi connectivity index (χ4n) is 11.8. The standard InChI is InChI=1S/C55H60N6O19/c1-19-43(62)27(56)13-33(77-19)79-31-17-54(73,15-25-37(31)51(70)41-39(47(25)66)45(64)23-9-7-11-29(75-5)35(23)49(41)68)21(3)58-60-53(72)61-59-22(4)55(74)16-26-38(32(18-55)80-34-14-28(57)44(63)20(2)78-34)52(71)42-40(48(26)67)46(65)24-10-8-12-30(76-6)36(24)50(42)69/h7-12,19-20,27-28,31-34,43-44,62-63,66-67,70-71,73-74H,13-18,56-57H2,1-6H3,(H2,60,61,72). The van der Waals surface area contributed by atoms with Crippen molar-refractivity contribution < 1.29 is 93.2 Å². The number of carbonyl (C=O) groups is 5. The minimum Gasteiger partial charge on any atom is -0.507 e. The van der Waals surface area contributed by atoms with E-state index in [4.69, 9.17) is 39.9 Å². The average molecular weight is 1110 g/mol. The third-order valence-corrected chi connectivity index (χ3v) is 16.3. The topological polar surface area (TPSA) is 403 Å². The molecule has 12 unspecified atom stereocenters. The van der Waals surface area contributed by atoms with Gasteiger partial charge >= 0.3 is 6.03 Å². The third kappa shape index (κ3) is 9.02. The second-order valence-corrected chi connectivity index (χ2v) is 21.1. The highest BCUT2D eigenvalue weighted by molar-refractivity contribution is 6.32. The number of aliphatic hydroxyl groups is 4. The Kier molecular flexibility index (Phi) is 14.4. The fraction of sp³-hybridized carbons (Fsp3) is 0.436. The zero-order valence-electron chi connectivity index (χ0n) is 44.1. The molecule has 2 fully saturated rings. The van der Waals surface area contributed by atoms with Gasteiger partial charge in [-0.25, -0.2) is 15.6 Å². The van der Waals surface area contributed by atoms with E-state index in [-0.39, 0.29) is 80.3 Å². The van der Waals surface area contributed by atoms with Gasteiger partial charge in [-0.05, 0) is 39.8 Å². The minimum atomic E-state index is -2.15. The second kappa shape index (κ2) is 20.6. The lowest BCUT2D eigenvalue weighted by molar-refractivity contribution is -0.246. The molecule has 6 aliphatic rings. The Morgan fingerprint density at radius 3 is 1.31 bits per heavy atom. The fourth-order valence-corrected chi connectivity index (χ4v) is 11.8. The van der Waals surface area contributed by atoms with Gasteiger partial charge in [0.2, 0.25) is 11.6 Å². The number of ether oxygens (including phenoxy) is 6. The number of nitrogens with one attached hydrogen (secondary N) is 2. The number of methoxy groups -OCH3 is 2. The maximum absolute atomic E-state index is 14.2. The van der Waals surface area contributed by atoms with Gasteiger partial charge in [0.25, 0.3) is 0 Å². The first-order valence-corrected chi connectivity index (χ1v) is 25.7. The molecule has 25 heteroatoms. The number of nitrogens with two attached hydrogens (primary N) is 2. The van der Waals surface area contributed by atoms with Gasteiger partial charge in [-0.2, -0.15) is 10.2 Å². The highest BCUT2D eigenvalue weighted by atomic mass is 16.7. The zero-order chi connectivity index (χ0) is 57.8. The maximum Gasteiger partial charge on any atom is 0.355 e. The molecule has 0 spiro atoms. The van der Waals surface area contributed by atoms with Crippen molar-refractivity contribution in [1.29, 1.82) is 0 Å². The molecule has 14 N–H and O–H groups in total. The van der Waals surface area contributed by atoms with E-state index in [1.807, 2.05) is 0 Å². The summed E-state index contributed by atoms with van der Waals surface area (Å²) in [5.74, 6) is -6.14. The van der Waals surface area contributed by atoms with E-state index >= 15 is 0 Å². The van der Waals surface area contributed by atoms with Crippen LogP contribution in [0.4, 0.5) is 4.79 Å². The Labute approximate surface area is 455 Å². The van der Waals surface area contributed by atoms with Crippen molar-refractivity contribution in [3.8, 4) is 34.5 Å². The number of nitrogens with zero attached hydrogens (tertiary/aromatic N) is 2. The summed E-state index contributed by atoms with van der Waals surface area (Å²) in [5.41, 5.74) is 8.83. The van der Waals surface area contributed by atoms with E-state index in [0.717, 1.165) is 0 Å². The summed E-state index contributed by atoms with van der Waals surface area (Å²) in [5, 5.41) is 102. The SMILES string of the molecule is COc1cccc2c1C(=O)c1c(O)c3c(c(O)c1C2=O)CC(O)(C(C)=NNC(=O)NN=C(C)C1(O)Cc2c(O)c4c(c(O)c2C(OC2CC(N)C(O)C(C)O2)C1)C(=O)c1c(OC)cccc1C4=O)CC3OC1CC(N)C(O)C(C)O1. The Morgan fingerprint density at radius 1 is 0.600 bits per heavy atom. The minimum absolute atomic E-state index is 0.0429. The molecule has 4 aliphatic carbocycles. The first kappa shape index (κ1) is 55.9. The maximum atomic E-state index is 14.2. The summed E-state index contributed by atoms with van der Waals surface area (Å²) in [4.78, 5) is 70.2. The average Bonchev–Trinajstić information content (AvgIpc) is 3.60. The number of aliphatic hydroxyl groups excluding tert-OH is 2. The normalized spacial score (nSPS) is 30.1. The van der Waals surface area contributed by atoms with Gasteiger partial charge in [0.15, 0.2) is 24.1 Å². The number of urea groups is 1. The number of carbonyl (C=O) groups excluding carboxylic acids is 5. The number of hydrogen-bond donors (Lipinski definition) is 12. The van der Waals surface area contributed by atoms with Crippen LogP contribution in [-0.4, -0.2) is 156 Å². The number of phenolic OH excluding ortho intramolecular Hbond substituents is 4. The van der Waals surface area contributed by atoms with Crippen LogP contribution >= 0.6 is 0 Å². The monoisotopic (exact) mass is 1110 g/mol. The molecule has 0 bridgehead atoms. The molecule has 4 aromatic rings. The van der Waals surface area contributed by atoms with Crippen LogP contribution < -0.4 is 31.8 Å². The van der Waals surface area contributed by atoms with Crippen molar-refractivity contribution in [2.75, 3.05) is 14.2 Å². The van der Waals surface area contributed by atoms with Crippen LogP contribution in [0, 0.1) is 0 Å². The quantitative estimate of drug-likeness (QED) is 0.0530. The largest absolute Gasteiger partial charge is 0.507 e. The van der Waals surface area contributed by atoms with Crippen molar-refractivity contribution in [2.45, 2.75) is 139 Å². The Bertz CT molecular complexity index is 3140. The van der Waals surface area contributed by atoms with Gasteiger partial charge in [0.1, 0.15) is 45.7 Å². The molecule has 0 saturated carbocycles. The summed E-state index contributed by atoms with van der Waals surface area (Å²) in [6.07, 6.45) is -11.1. The van der Waals surface area contributed by atoms with Crippen molar-refractivity contribution in [2.24, 2.45) is 21.7 Å². The molecule has 0 aromatic heterocycles. The predicted molar refractivity (Wildman–Crippen MR) is 277 cm³/mol. The molecular weight excluding hydrogens is 1050 g/mol. The van der Waals surface area contributed by atoms with Crippen LogP contribution in [0.1, 0.15) is 152 Å². The summed E-state index contributed by atoms with van der Waals surface area (Å²) in [6, 6.07) is 5.82. The van der Waals surface area contributed by atoms with Gasteiger partial charge in [-0.3, -0.25) is 19.2 Å². The smallest absolute Gasteiger partial charge is 0.355 e. The molecule has 80 heavy (non-hydrogen) atoms. The Hall–Kier alpha value is -7.43. The lowest BCUT2D eigenvalue weighted by Crippen LogP contribution is -2.52. The Balaban J connectivity index is 0.946. The molecule has 424 valence electrons. The zero-order valence-corrected chi connectivity index (χ0v) is 44.1. The number of ketones is 4. The molecule has 4 aromatic carbocycles. The van der Waals surface area contributed by atoms with Gasteiger partial charge in [0.05, 0.1) is 95.6 Å². The lowest BCUT2D eigenvalue weighted by Gasteiger charge is -2.42. The number of hydrazone groups is 2. The van der Waals surface area contributed by atoms with E-state index < -0.39 is 173 Å². The number of phenols is 4. The van der Waals surface area contributed by atoms with Crippen LogP contribution in [0.2, 0.25) is 0 Å². The van der Waals surface area contributed by atoms with E-state index in [0.29, 0.717) is 0 Å². The molecule has 10 rings (SSSR count). The van der Waals surface area contributed by atoms with E-state index in [9.17, 15) is 64.8 Å². The highest BCUT2D eigenvalue weighted by Gasteiger charge is 2.51. The number of rotatable bonds is 10. The lowest BCUT2D eigenvalue weighted by atomic mass is 9.71. The molecule has 2 heterocycles. The number of hydrogen-bond acceptors (Lipinski definition) is 23.